The van der Waals surface area contributed by atoms with E-state index in [2.05, 4.69) is 15.9 Å². The molecule has 0 N–H and O–H groups in total. The fourth-order valence-corrected chi connectivity index (χ4v) is 6.99. The number of rotatable bonds is 1. The highest BCUT2D eigenvalue weighted by Gasteiger charge is 2.98. The van der Waals surface area contributed by atoms with Crippen LogP contribution in [0.2, 0.25) is 0 Å². The zero-order valence-corrected chi connectivity index (χ0v) is 13.7. The maximum absolute atomic E-state index is 12.6. The summed E-state index contributed by atoms with van der Waals surface area (Å²) in [5, 5.41) is 0.616. The Hall–Kier alpha value is -0.660. The van der Waals surface area contributed by atoms with Crippen LogP contribution in [0, 0.1) is 17.3 Å². The molecular formula is C15H15BrO6. The highest BCUT2D eigenvalue weighted by Crippen LogP contribution is 2.81. The fraction of sp³-hybridized carbons (Fsp3) is 0.867. The van der Waals surface area contributed by atoms with Gasteiger partial charge in [-0.05, 0) is 13.8 Å². The minimum Gasteiger partial charge on any atom is -0.458 e. The predicted octanol–water partition coefficient (Wildman–Crippen LogP) is 0.553. The summed E-state index contributed by atoms with van der Waals surface area (Å²) < 4.78 is 23.8. The monoisotopic (exact) mass is 370 g/mol. The van der Waals surface area contributed by atoms with Crippen LogP contribution in [0.4, 0.5) is 0 Å². The minimum atomic E-state index is -0.926. The van der Waals surface area contributed by atoms with Crippen molar-refractivity contribution in [3.05, 3.63) is 0 Å². The fourth-order valence-electron chi connectivity index (χ4n) is 6.50. The second-order valence-corrected chi connectivity index (χ2v) is 8.48. The van der Waals surface area contributed by atoms with E-state index in [0.717, 1.165) is 0 Å². The summed E-state index contributed by atoms with van der Waals surface area (Å²) in [5.74, 6) is -0.926. The summed E-state index contributed by atoms with van der Waals surface area (Å²) in [4.78, 5) is 25.1. The van der Waals surface area contributed by atoms with Crippen LogP contribution in [0.1, 0.15) is 20.3 Å². The highest BCUT2D eigenvalue weighted by atomic mass is 79.9. The average Bonchev–Trinajstić information content (AvgIpc) is 2.82. The van der Waals surface area contributed by atoms with Crippen molar-refractivity contribution in [2.75, 3.05) is 5.33 Å². The molecule has 7 heteroatoms. The summed E-state index contributed by atoms with van der Waals surface area (Å²) in [7, 11) is 0. The first-order valence-corrected chi connectivity index (χ1v) is 8.83. The Kier molecular flexibility index (Phi) is 1.74. The van der Waals surface area contributed by atoms with Gasteiger partial charge < -0.3 is 18.9 Å². The number of epoxide rings is 1. The summed E-state index contributed by atoms with van der Waals surface area (Å²) in [5.41, 5.74) is -2.80. The topological polar surface area (TPSA) is 74.4 Å². The normalized spacial score (nSPS) is 68.6. The Morgan fingerprint density at radius 3 is 2.77 bits per heavy atom. The molecule has 4 bridgehead atoms. The van der Waals surface area contributed by atoms with E-state index in [0.29, 0.717) is 11.8 Å². The van der Waals surface area contributed by atoms with Crippen LogP contribution >= 0.6 is 15.9 Å². The van der Waals surface area contributed by atoms with Crippen molar-refractivity contribution < 1.29 is 28.5 Å². The summed E-state index contributed by atoms with van der Waals surface area (Å²) >= 11 is 3.54. The Labute approximate surface area is 134 Å². The molecule has 0 amide bonds. The van der Waals surface area contributed by atoms with Gasteiger partial charge >= 0.3 is 11.9 Å². The molecule has 2 aliphatic carbocycles. The van der Waals surface area contributed by atoms with Crippen LogP contribution in [0.5, 0.6) is 0 Å². The molecule has 2 saturated carbocycles. The van der Waals surface area contributed by atoms with E-state index in [-0.39, 0.29) is 29.9 Å². The Balaban J connectivity index is 1.67. The van der Waals surface area contributed by atoms with Gasteiger partial charge in [0, 0.05) is 17.7 Å². The lowest BCUT2D eigenvalue weighted by atomic mass is 9.54. The lowest BCUT2D eigenvalue weighted by Gasteiger charge is -2.47. The molecule has 22 heavy (non-hydrogen) atoms. The summed E-state index contributed by atoms with van der Waals surface area (Å²) in [6.45, 7) is 4.01. The molecule has 6 unspecified atom stereocenters. The molecular weight excluding hydrogens is 356 g/mol. The number of hydrogen-bond acceptors (Lipinski definition) is 6. The number of alkyl halides is 1. The molecule has 0 aromatic heterocycles. The van der Waals surface area contributed by atoms with E-state index in [1.165, 1.54) is 0 Å². The van der Waals surface area contributed by atoms with Gasteiger partial charge in [-0.15, -0.1) is 0 Å². The Morgan fingerprint density at radius 2 is 2.05 bits per heavy atom. The maximum atomic E-state index is 12.6. The number of ether oxygens (including phenoxy) is 4. The first kappa shape index (κ1) is 12.7. The summed E-state index contributed by atoms with van der Waals surface area (Å²) in [6, 6.07) is 0. The molecule has 2 spiro atoms. The molecule has 6 aliphatic rings. The zero-order chi connectivity index (χ0) is 15.3. The summed E-state index contributed by atoms with van der Waals surface area (Å²) in [6.07, 6.45) is -0.533. The number of fused-ring (bicyclic) bond motifs is 1. The molecule has 6 fully saturated rings. The van der Waals surface area contributed by atoms with Gasteiger partial charge in [-0.25, -0.2) is 4.79 Å². The van der Waals surface area contributed by atoms with Crippen molar-refractivity contribution >= 4 is 27.9 Å². The largest absolute Gasteiger partial charge is 0.458 e. The van der Waals surface area contributed by atoms with Gasteiger partial charge in [-0.2, -0.15) is 0 Å². The number of carbonyl (C=O) groups excluding carboxylic acids is 2. The van der Waals surface area contributed by atoms with Crippen LogP contribution in [0.25, 0.3) is 0 Å². The molecule has 6 rings (SSSR count). The third kappa shape index (κ3) is 0.834. The third-order valence-corrected chi connectivity index (χ3v) is 8.49. The third-order valence-electron chi connectivity index (χ3n) is 7.38. The van der Waals surface area contributed by atoms with E-state index in [1.807, 2.05) is 13.8 Å². The minimum absolute atomic E-state index is 0.0853. The van der Waals surface area contributed by atoms with Crippen LogP contribution < -0.4 is 0 Å². The van der Waals surface area contributed by atoms with E-state index in [4.69, 9.17) is 18.9 Å². The first-order chi connectivity index (χ1) is 10.4. The molecule has 4 heterocycles. The molecule has 118 valence electrons. The average molecular weight is 371 g/mol. The SMILES string of the molecule is CC12C3OC(=O)[C@]14O[C@@H]4CC21O[C@](C)(CBr)C2C3OC(=O)C21. The molecule has 0 aromatic rings. The number of hydrogen-bond donors (Lipinski definition) is 0. The van der Waals surface area contributed by atoms with Crippen molar-refractivity contribution in [1.82, 2.24) is 0 Å². The van der Waals surface area contributed by atoms with Crippen LogP contribution in [-0.4, -0.2) is 52.4 Å². The van der Waals surface area contributed by atoms with Crippen molar-refractivity contribution in [2.45, 2.75) is 55.4 Å². The van der Waals surface area contributed by atoms with E-state index in [9.17, 15) is 9.59 Å². The molecule has 6 nitrogen and oxygen atoms in total. The molecule has 4 saturated heterocycles. The van der Waals surface area contributed by atoms with E-state index >= 15 is 0 Å². The highest BCUT2D eigenvalue weighted by molar-refractivity contribution is 9.09. The molecule has 4 aliphatic heterocycles. The van der Waals surface area contributed by atoms with Gasteiger partial charge in [0.1, 0.15) is 12.2 Å². The lowest BCUT2D eigenvalue weighted by molar-refractivity contribution is -0.185. The van der Waals surface area contributed by atoms with Crippen LogP contribution in [0.15, 0.2) is 0 Å². The molecule has 9 atom stereocenters. The molecule has 0 aromatic carbocycles. The first-order valence-electron chi connectivity index (χ1n) is 7.71. The van der Waals surface area contributed by atoms with Gasteiger partial charge in [-0.1, -0.05) is 15.9 Å². The standard InChI is InChI=1S/C15H15BrO6/c1-12(4-16)6-7-10(17)19-8(6)9-13(2)14(7,22-12)3-5-15(13,21-5)11(18)20-9/h5-9H,3-4H2,1-2H3/t5-,6?,7?,8?,9?,12-,13?,14?,15+/m1/s1. The Morgan fingerprint density at radius 1 is 1.27 bits per heavy atom. The van der Waals surface area contributed by atoms with Crippen molar-refractivity contribution in [3.63, 3.8) is 0 Å². The maximum Gasteiger partial charge on any atom is 0.342 e. The van der Waals surface area contributed by atoms with Gasteiger partial charge in [0.2, 0.25) is 5.60 Å². The smallest absolute Gasteiger partial charge is 0.342 e. The van der Waals surface area contributed by atoms with Crippen LogP contribution in [-0.2, 0) is 28.5 Å². The lowest BCUT2D eigenvalue weighted by Crippen LogP contribution is -2.63. The van der Waals surface area contributed by atoms with Gasteiger partial charge in [0.15, 0.2) is 6.10 Å². The van der Waals surface area contributed by atoms with Crippen molar-refractivity contribution in [1.29, 1.82) is 0 Å². The second-order valence-electron chi connectivity index (χ2n) is 7.92. The van der Waals surface area contributed by atoms with Crippen molar-refractivity contribution in [2.24, 2.45) is 17.3 Å². The predicted molar refractivity (Wildman–Crippen MR) is 73.1 cm³/mol. The van der Waals surface area contributed by atoms with Gasteiger partial charge in [-0.3, -0.25) is 4.79 Å². The van der Waals surface area contributed by atoms with E-state index in [1.54, 1.807) is 0 Å². The van der Waals surface area contributed by atoms with Crippen LogP contribution in [0.3, 0.4) is 0 Å². The van der Waals surface area contributed by atoms with Gasteiger partial charge in [0.05, 0.1) is 22.5 Å². The quantitative estimate of drug-likeness (QED) is 0.381. The van der Waals surface area contributed by atoms with Crippen molar-refractivity contribution in [3.8, 4) is 0 Å². The Bertz CT molecular complexity index is 681. The number of esters is 2. The molecule has 0 radical (unpaired) electrons. The van der Waals surface area contributed by atoms with Gasteiger partial charge in [0.25, 0.3) is 0 Å². The zero-order valence-electron chi connectivity index (χ0n) is 12.1. The van der Waals surface area contributed by atoms with E-state index < -0.39 is 34.4 Å². The second kappa shape index (κ2) is 3.00. The number of carbonyl (C=O) groups is 2. The number of halogens is 1.